The average Bonchev–Trinajstić information content (AvgIpc) is 2.55. The molecule has 8 heteroatoms. The third-order valence-corrected chi connectivity index (χ3v) is 5.32. The number of carbonyl (C=O) groups is 1. The second-order valence-electron chi connectivity index (χ2n) is 4.88. The van der Waals surface area contributed by atoms with Gasteiger partial charge in [-0.15, -0.1) is 11.8 Å². The molecule has 2 N–H and O–H groups in total. The Kier molecular flexibility index (Phi) is 6.36. The van der Waals surface area contributed by atoms with E-state index < -0.39 is 15.8 Å². The van der Waals surface area contributed by atoms with Gasteiger partial charge in [0.1, 0.15) is 5.82 Å². The maximum Gasteiger partial charge on any atom is 0.240 e. The van der Waals surface area contributed by atoms with E-state index in [0.717, 1.165) is 17.0 Å². The average molecular weight is 368 g/mol. The number of halogens is 1. The number of rotatable bonds is 7. The number of benzene rings is 2. The van der Waals surface area contributed by atoms with E-state index in [1.165, 1.54) is 12.1 Å². The smallest absolute Gasteiger partial charge is 0.240 e. The monoisotopic (exact) mass is 368 g/mol. The summed E-state index contributed by atoms with van der Waals surface area (Å²) in [7, 11) is -3.76. The van der Waals surface area contributed by atoms with Gasteiger partial charge in [-0.2, -0.15) is 0 Å². The Labute approximate surface area is 144 Å². The molecule has 0 saturated carbocycles. The van der Waals surface area contributed by atoms with E-state index in [2.05, 4.69) is 10.0 Å². The van der Waals surface area contributed by atoms with Crippen molar-refractivity contribution in [2.45, 2.75) is 16.2 Å². The number of thioether (sulfide) groups is 1. The number of amides is 1. The lowest BCUT2D eigenvalue weighted by Crippen LogP contribution is -2.27. The standard InChI is InChI=1S/C16H17FN2O3S2/c1-23-14-4-2-3-13(11-14)19-16(20)9-10-18-24(21,22)15-7-5-12(17)6-8-15/h2-8,11,18H,9-10H2,1H3,(H,19,20). The molecule has 5 nitrogen and oxygen atoms in total. The predicted molar refractivity (Wildman–Crippen MR) is 93.1 cm³/mol. The fraction of sp³-hybridized carbons (Fsp3) is 0.188. The molecule has 0 radical (unpaired) electrons. The summed E-state index contributed by atoms with van der Waals surface area (Å²) < 4.78 is 39.1. The van der Waals surface area contributed by atoms with Crippen molar-refractivity contribution in [1.29, 1.82) is 0 Å². The van der Waals surface area contributed by atoms with E-state index in [0.29, 0.717) is 5.69 Å². The van der Waals surface area contributed by atoms with Crippen molar-refractivity contribution in [2.75, 3.05) is 18.1 Å². The Morgan fingerprint density at radius 2 is 1.88 bits per heavy atom. The van der Waals surface area contributed by atoms with Crippen molar-refractivity contribution in [1.82, 2.24) is 4.72 Å². The summed E-state index contributed by atoms with van der Waals surface area (Å²) >= 11 is 1.56. The molecule has 2 aromatic carbocycles. The number of hydrogen-bond acceptors (Lipinski definition) is 4. The molecular weight excluding hydrogens is 351 g/mol. The van der Waals surface area contributed by atoms with E-state index >= 15 is 0 Å². The fourth-order valence-corrected chi connectivity index (χ4v) is 3.41. The van der Waals surface area contributed by atoms with Gasteiger partial charge < -0.3 is 5.32 Å². The van der Waals surface area contributed by atoms with Gasteiger partial charge in [-0.25, -0.2) is 17.5 Å². The van der Waals surface area contributed by atoms with Crippen LogP contribution < -0.4 is 10.0 Å². The van der Waals surface area contributed by atoms with Gasteiger partial charge in [-0.05, 0) is 48.7 Å². The van der Waals surface area contributed by atoms with Gasteiger partial charge in [-0.3, -0.25) is 4.79 Å². The molecule has 1 amide bonds. The van der Waals surface area contributed by atoms with E-state index in [9.17, 15) is 17.6 Å². The minimum atomic E-state index is -3.76. The molecule has 0 fully saturated rings. The summed E-state index contributed by atoms with van der Waals surface area (Å²) in [4.78, 5) is 12.9. The predicted octanol–water partition coefficient (Wildman–Crippen LogP) is 2.85. The molecule has 0 aromatic heterocycles. The molecular formula is C16H17FN2O3S2. The molecule has 0 aliphatic rings. The highest BCUT2D eigenvalue weighted by molar-refractivity contribution is 7.98. The molecule has 128 valence electrons. The molecule has 0 aliphatic carbocycles. The highest BCUT2D eigenvalue weighted by Crippen LogP contribution is 2.19. The van der Waals surface area contributed by atoms with Crippen molar-refractivity contribution in [3.8, 4) is 0 Å². The number of nitrogens with one attached hydrogen (secondary N) is 2. The zero-order valence-electron chi connectivity index (χ0n) is 13.0. The van der Waals surface area contributed by atoms with Gasteiger partial charge in [0.2, 0.25) is 15.9 Å². The molecule has 0 bridgehead atoms. The molecule has 2 aromatic rings. The van der Waals surface area contributed by atoms with Gasteiger partial charge in [0.05, 0.1) is 4.90 Å². The van der Waals surface area contributed by atoms with Crippen LogP contribution in [0, 0.1) is 5.82 Å². The van der Waals surface area contributed by atoms with Crippen LogP contribution in [-0.2, 0) is 14.8 Å². The number of carbonyl (C=O) groups excluding carboxylic acids is 1. The van der Waals surface area contributed by atoms with Crippen LogP contribution in [0.15, 0.2) is 58.3 Å². The van der Waals surface area contributed by atoms with Gasteiger partial charge in [0.25, 0.3) is 0 Å². The summed E-state index contributed by atoms with van der Waals surface area (Å²) in [6.45, 7) is -0.0479. The Morgan fingerprint density at radius 1 is 1.17 bits per heavy atom. The summed E-state index contributed by atoms with van der Waals surface area (Å²) in [5.74, 6) is -0.809. The second kappa shape index (κ2) is 8.27. The van der Waals surface area contributed by atoms with E-state index in [1.54, 1.807) is 17.8 Å². The number of anilines is 1. The van der Waals surface area contributed by atoms with Crippen molar-refractivity contribution in [2.24, 2.45) is 0 Å². The minimum Gasteiger partial charge on any atom is -0.326 e. The van der Waals surface area contributed by atoms with Crippen LogP contribution in [0.1, 0.15) is 6.42 Å². The van der Waals surface area contributed by atoms with Crippen LogP contribution in [0.2, 0.25) is 0 Å². The quantitative estimate of drug-likeness (QED) is 0.737. The first-order valence-corrected chi connectivity index (χ1v) is 9.80. The number of hydrogen-bond donors (Lipinski definition) is 2. The Hall–Kier alpha value is -1.90. The lowest BCUT2D eigenvalue weighted by molar-refractivity contribution is -0.116. The third-order valence-electron chi connectivity index (χ3n) is 3.12. The van der Waals surface area contributed by atoms with Crippen LogP contribution in [0.25, 0.3) is 0 Å². The summed E-state index contributed by atoms with van der Waals surface area (Å²) in [5.41, 5.74) is 0.660. The molecule has 0 spiro atoms. The van der Waals surface area contributed by atoms with Crippen molar-refractivity contribution in [3.05, 3.63) is 54.3 Å². The van der Waals surface area contributed by atoms with Gasteiger partial charge in [-0.1, -0.05) is 6.07 Å². The topological polar surface area (TPSA) is 75.3 Å². The Morgan fingerprint density at radius 3 is 2.54 bits per heavy atom. The molecule has 0 atom stereocenters. The zero-order valence-corrected chi connectivity index (χ0v) is 14.6. The van der Waals surface area contributed by atoms with Crippen molar-refractivity contribution < 1.29 is 17.6 Å². The highest BCUT2D eigenvalue weighted by atomic mass is 32.2. The van der Waals surface area contributed by atoms with Gasteiger partial charge >= 0.3 is 0 Å². The maximum atomic E-state index is 12.8. The first-order chi connectivity index (χ1) is 11.4. The molecule has 0 saturated heterocycles. The molecule has 0 aliphatic heterocycles. The second-order valence-corrected chi connectivity index (χ2v) is 7.53. The van der Waals surface area contributed by atoms with Crippen LogP contribution in [0.3, 0.4) is 0 Å². The van der Waals surface area contributed by atoms with Crippen LogP contribution in [0.5, 0.6) is 0 Å². The third kappa shape index (κ3) is 5.33. The summed E-state index contributed by atoms with van der Waals surface area (Å²) in [6, 6.07) is 11.8. The SMILES string of the molecule is CSc1cccc(NC(=O)CCNS(=O)(=O)c2ccc(F)cc2)c1. The van der Waals surface area contributed by atoms with E-state index in [1.807, 2.05) is 24.5 Å². The Bertz CT molecular complexity index is 808. The van der Waals surface area contributed by atoms with Crippen LogP contribution in [-0.4, -0.2) is 27.1 Å². The summed E-state index contributed by atoms with van der Waals surface area (Å²) in [6.07, 6.45) is 1.93. The van der Waals surface area contributed by atoms with Crippen molar-refractivity contribution in [3.63, 3.8) is 0 Å². The normalized spacial score (nSPS) is 11.2. The highest BCUT2D eigenvalue weighted by Gasteiger charge is 2.14. The first-order valence-electron chi connectivity index (χ1n) is 7.10. The van der Waals surface area contributed by atoms with Gasteiger partial charge in [0, 0.05) is 23.5 Å². The zero-order chi connectivity index (χ0) is 17.6. The molecule has 24 heavy (non-hydrogen) atoms. The Balaban J connectivity index is 1.86. The lowest BCUT2D eigenvalue weighted by atomic mass is 10.3. The van der Waals surface area contributed by atoms with Crippen molar-refractivity contribution >= 4 is 33.4 Å². The molecule has 0 unspecified atom stereocenters. The van der Waals surface area contributed by atoms with E-state index in [-0.39, 0.29) is 23.8 Å². The molecule has 0 heterocycles. The van der Waals surface area contributed by atoms with Crippen LogP contribution in [0.4, 0.5) is 10.1 Å². The van der Waals surface area contributed by atoms with E-state index in [4.69, 9.17) is 0 Å². The maximum absolute atomic E-state index is 12.8. The summed E-state index contributed by atoms with van der Waals surface area (Å²) in [5, 5.41) is 2.71. The first kappa shape index (κ1) is 18.4. The van der Waals surface area contributed by atoms with Crippen LogP contribution >= 0.6 is 11.8 Å². The largest absolute Gasteiger partial charge is 0.326 e. The number of sulfonamides is 1. The molecule has 2 rings (SSSR count). The lowest BCUT2D eigenvalue weighted by Gasteiger charge is -2.08. The fourth-order valence-electron chi connectivity index (χ4n) is 1.92. The minimum absolute atomic E-state index is 0.01000. The van der Waals surface area contributed by atoms with Gasteiger partial charge in [0.15, 0.2) is 0 Å².